The molecule has 5 rings (SSSR count). The molecule has 0 saturated carbocycles. The van der Waals surface area contributed by atoms with Crippen molar-refractivity contribution >= 4 is 16.7 Å². The normalized spacial score (nSPS) is 11.0. The predicted octanol–water partition coefficient (Wildman–Crippen LogP) is 4.76. The molecule has 0 spiro atoms. The SMILES string of the molecule is Cc1nn(-c2cccnc2)c2c(-c3ccc([N+](=O)[O-])cc3)nc(-c3ccccc3)nc12. The third-order valence-corrected chi connectivity index (χ3v) is 4.96. The number of hydrogen-bond acceptors (Lipinski definition) is 6. The van der Waals surface area contributed by atoms with Gasteiger partial charge in [0, 0.05) is 29.5 Å². The highest BCUT2D eigenvalue weighted by molar-refractivity contribution is 5.93. The van der Waals surface area contributed by atoms with Crippen molar-refractivity contribution in [1.82, 2.24) is 24.7 Å². The number of nitro groups is 1. The van der Waals surface area contributed by atoms with Crippen LogP contribution >= 0.6 is 0 Å². The van der Waals surface area contributed by atoms with Gasteiger partial charge in [-0.15, -0.1) is 0 Å². The van der Waals surface area contributed by atoms with E-state index in [-0.39, 0.29) is 5.69 Å². The number of rotatable bonds is 4. The molecule has 0 radical (unpaired) electrons. The second-order valence-corrected chi connectivity index (χ2v) is 6.97. The van der Waals surface area contributed by atoms with Crippen molar-refractivity contribution in [2.75, 3.05) is 0 Å². The molecule has 0 aliphatic heterocycles. The summed E-state index contributed by atoms with van der Waals surface area (Å²) in [5, 5.41) is 15.8. The fourth-order valence-corrected chi connectivity index (χ4v) is 3.48. The van der Waals surface area contributed by atoms with Crippen molar-refractivity contribution in [2.24, 2.45) is 0 Å². The average molecular weight is 408 g/mol. The van der Waals surface area contributed by atoms with Gasteiger partial charge >= 0.3 is 0 Å². The van der Waals surface area contributed by atoms with Gasteiger partial charge in [0.05, 0.1) is 22.5 Å². The van der Waals surface area contributed by atoms with E-state index >= 15 is 0 Å². The van der Waals surface area contributed by atoms with Crippen LogP contribution in [-0.2, 0) is 0 Å². The Labute approximate surface area is 177 Å². The molecule has 0 aliphatic carbocycles. The first-order chi connectivity index (χ1) is 15.1. The fourth-order valence-electron chi connectivity index (χ4n) is 3.48. The Bertz CT molecular complexity index is 1400. The zero-order valence-corrected chi connectivity index (χ0v) is 16.5. The molecular weight excluding hydrogens is 392 g/mol. The van der Waals surface area contributed by atoms with Crippen molar-refractivity contribution in [2.45, 2.75) is 6.92 Å². The van der Waals surface area contributed by atoms with Gasteiger partial charge in [-0.25, -0.2) is 14.6 Å². The highest BCUT2D eigenvalue weighted by Gasteiger charge is 2.20. The van der Waals surface area contributed by atoms with E-state index in [1.165, 1.54) is 12.1 Å². The Morgan fingerprint density at radius 3 is 2.35 bits per heavy atom. The number of hydrogen-bond donors (Lipinski definition) is 0. The summed E-state index contributed by atoms with van der Waals surface area (Å²) in [6.07, 6.45) is 3.42. The van der Waals surface area contributed by atoms with Crippen LogP contribution in [-0.4, -0.2) is 29.7 Å². The molecule has 3 aromatic heterocycles. The van der Waals surface area contributed by atoms with Gasteiger partial charge in [0.2, 0.25) is 0 Å². The Morgan fingerprint density at radius 1 is 0.903 bits per heavy atom. The number of pyridine rings is 1. The van der Waals surface area contributed by atoms with E-state index in [0.29, 0.717) is 17.0 Å². The molecule has 3 heterocycles. The van der Waals surface area contributed by atoms with Gasteiger partial charge < -0.3 is 0 Å². The van der Waals surface area contributed by atoms with Crippen LogP contribution in [0.2, 0.25) is 0 Å². The standard InChI is InChI=1S/C23H16N6O2/c1-15-20-22(28(27-15)19-8-5-13-24-14-19)21(16-9-11-18(12-10-16)29(30)31)26-23(25-20)17-6-3-2-4-7-17/h2-14H,1H3. The third-order valence-electron chi connectivity index (χ3n) is 4.96. The van der Waals surface area contributed by atoms with Crippen LogP contribution in [0.25, 0.3) is 39.4 Å². The zero-order chi connectivity index (χ0) is 21.4. The van der Waals surface area contributed by atoms with Crippen molar-refractivity contribution in [3.8, 4) is 28.3 Å². The van der Waals surface area contributed by atoms with Crippen LogP contribution in [0.15, 0.2) is 79.1 Å². The van der Waals surface area contributed by atoms with Gasteiger partial charge in [-0.1, -0.05) is 30.3 Å². The Kier molecular flexibility index (Phi) is 4.44. The molecular formula is C23H16N6O2. The van der Waals surface area contributed by atoms with E-state index in [2.05, 4.69) is 4.98 Å². The summed E-state index contributed by atoms with van der Waals surface area (Å²) in [6, 6.07) is 19.8. The van der Waals surface area contributed by atoms with Crippen LogP contribution in [0.5, 0.6) is 0 Å². The maximum atomic E-state index is 11.1. The zero-order valence-electron chi connectivity index (χ0n) is 16.5. The van der Waals surface area contributed by atoms with E-state index in [1.54, 1.807) is 29.2 Å². The molecule has 0 bridgehead atoms. The summed E-state index contributed by atoms with van der Waals surface area (Å²) in [5.74, 6) is 0.565. The lowest BCUT2D eigenvalue weighted by molar-refractivity contribution is -0.384. The van der Waals surface area contributed by atoms with Crippen LogP contribution in [0, 0.1) is 17.0 Å². The minimum Gasteiger partial charge on any atom is -0.262 e. The molecule has 0 amide bonds. The fraction of sp³-hybridized carbons (Fsp3) is 0.0435. The lowest BCUT2D eigenvalue weighted by Gasteiger charge is -2.10. The Hall–Kier alpha value is -4.46. The highest BCUT2D eigenvalue weighted by atomic mass is 16.6. The molecule has 0 aliphatic rings. The van der Waals surface area contributed by atoms with Crippen molar-refractivity contribution < 1.29 is 4.92 Å². The highest BCUT2D eigenvalue weighted by Crippen LogP contribution is 2.32. The number of aromatic nitrogens is 5. The van der Waals surface area contributed by atoms with Crippen LogP contribution < -0.4 is 0 Å². The van der Waals surface area contributed by atoms with Gasteiger partial charge in [-0.3, -0.25) is 15.1 Å². The quantitative estimate of drug-likeness (QED) is 0.314. The summed E-state index contributed by atoms with van der Waals surface area (Å²) in [7, 11) is 0. The van der Waals surface area contributed by atoms with E-state index in [0.717, 1.165) is 28.0 Å². The number of nitrogens with zero attached hydrogens (tertiary/aromatic N) is 6. The number of nitro benzene ring substituents is 1. The third kappa shape index (κ3) is 3.29. The van der Waals surface area contributed by atoms with Gasteiger partial charge in [0.25, 0.3) is 5.69 Å². The lowest BCUT2D eigenvalue weighted by atomic mass is 10.1. The molecule has 31 heavy (non-hydrogen) atoms. The summed E-state index contributed by atoms with van der Waals surface area (Å²) in [5.41, 5.74) is 5.24. The number of benzene rings is 2. The molecule has 150 valence electrons. The minimum absolute atomic E-state index is 0.0225. The largest absolute Gasteiger partial charge is 0.269 e. The average Bonchev–Trinajstić information content (AvgIpc) is 3.16. The van der Waals surface area contributed by atoms with E-state index in [9.17, 15) is 10.1 Å². The van der Waals surface area contributed by atoms with Crippen molar-refractivity contribution in [3.05, 3.63) is 94.9 Å². The smallest absolute Gasteiger partial charge is 0.262 e. The lowest BCUT2D eigenvalue weighted by Crippen LogP contribution is -2.01. The first kappa shape index (κ1) is 18.6. The number of fused-ring (bicyclic) bond motifs is 1. The minimum atomic E-state index is -0.418. The van der Waals surface area contributed by atoms with Gasteiger partial charge in [-0.2, -0.15) is 5.10 Å². The van der Waals surface area contributed by atoms with Crippen LogP contribution in [0.3, 0.4) is 0 Å². The molecule has 0 atom stereocenters. The topological polar surface area (TPSA) is 99.6 Å². The van der Waals surface area contributed by atoms with Crippen LogP contribution in [0.1, 0.15) is 5.69 Å². The van der Waals surface area contributed by atoms with Crippen molar-refractivity contribution in [1.29, 1.82) is 0 Å². The maximum absolute atomic E-state index is 11.1. The Balaban J connectivity index is 1.82. The summed E-state index contributed by atoms with van der Waals surface area (Å²) >= 11 is 0. The molecule has 0 N–H and O–H groups in total. The van der Waals surface area contributed by atoms with Gasteiger partial charge in [-0.05, 0) is 31.2 Å². The van der Waals surface area contributed by atoms with Crippen LogP contribution in [0.4, 0.5) is 5.69 Å². The number of non-ortho nitro benzene ring substituents is 1. The van der Waals surface area contributed by atoms with E-state index < -0.39 is 4.92 Å². The second-order valence-electron chi connectivity index (χ2n) is 6.97. The molecule has 8 heteroatoms. The monoisotopic (exact) mass is 408 g/mol. The molecule has 8 nitrogen and oxygen atoms in total. The van der Waals surface area contributed by atoms with E-state index in [4.69, 9.17) is 15.1 Å². The molecule has 2 aromatic carbocycles. The predicted molar refractivity (Wildman–Crippen MR) is 117 cm³/mol. The molecule has 0 fully saturated rings. The number of aryl methyl sites for hydroxylation is 1. The summed E-state index contributed by atoms with van der Waals surface area (Å²) in [4.78, 5) is 24.5. The second kappa shape index (κ2) is 7.42. The molecule has 0 saturated heterocycles. The first-order valence-electron chi connectivity index (χ1n) is 9.60. The maximum Gasteiger partial charge on any atom is 0.269 e. The van der Waals surface area contributed by atoms with Crippen molar-refractivity contribution in [3.63, 3.8) is 0 Å². The molecule has 5 aromatic rings. The Morgan fingerprint density at radius 2 is 1.68 bits per heavy atom. The summed E-state index contributed by atoms with van der Waals surface area (Å²) in [6.45, 7) is 1.90. The molecule has 0 unspecified atom stereocenters. The van der Waals surface area contributed by atoms with Gasteiger partial charge in [0.15, 0.2) is 5.82 Å². The van der Waals surface area contributed by atoms with Gasteiger partial charge in [0.1, 0.15) is 16.7 Å². The summed E-state index contributed by atoms with van der Waals surface area (Å²) < 4.78 is 1.77. The van der Waals surface area contributed by atoms with E-state index in [1.807, 2.05) is 49.4 Å². The first-order valence-corrected chi connectivity index (χ1v) is 9.60.